The smallest absolute Gasteiger partial charge is 0.124 e. The van der Waals surface area contributed by atoms with Crippen LogP contribution in [0.5, 0.6) is 11.5 Å². The summed E-state index contributed by atoms with van der Waals surface area (Å²) < 4.78 is 16.3. The zero-order valence-corrected chi connectivity index (χ0v) is 15.7. The largest absolute Gasteiger partial charge is 0.497 e. The van der Waals surface area contributed by atoms with E-state index in [9.17, 15) is 0 Å². The minimum absolute atomic E-state index is 0.0689. The Morgan fingerprint density at radius 2 is 1.72 bits per heavy atom. The molecule has 1 aromatic rings. The van der Waals surface area contributed by atoms with Gasteiger partial charge < -0.3 is 25.3 Å². The summed E-state index contributed by atoms with van der Waals surface area (Å²) in [5, 5.41) is 3.30. The van der Waals surface area contributed by atoms with E-state index >= 15 is 0 Å². The molecule has 0 radical (unpaired) electrons. The van der Waals surface area contributed by atoms with Crippen LogP contribution < -0.4 is 20.5 Å². The van der Waals surface area contributed by atoms with Crippen LogP contribution in [0.15, 0.2) is 30.5 Å². The average molecular weight is 348 g/mol. The van der Waals surface area contributed by atoms with Gasteiger partial charge in [0.25, 0.3) is 0 Å². The predicted octanol–water partition coefficient (Wildman–Crippen LogP) is 3.94. The molecular formula is C20H32N2O3. The van der Waals surface area contributed by atoms with Gasteiger partial charge in [-0.05, 0) is 12.3 Å². The second kappa shape index (κ2) is 9.68. The van der Waals surface area contributed by atoms with Gasteiger partial charge in [0.2, 0.25) is 0 Å². The number of anilines is 1. The zero-order valence-electron chi connectivity index (χ0n) is 15.7. The highest BCUT2D eigenvalue weighted by Crippen LogP contribution is 2.30. The van der Waals surface area contributed by atoms with Crippen molar-refractivity contribution in [3.63, 3.8) is 0 Å². The Morgan fingerprint density at radius 1 is 1.12 bits per heavy atom. The van der Waals surface area contributed by atoms with Crippen molar-refractivity contribution in [2.24, 2.45) is 11.7 Å². The topological polar surface area (TPSA) is 65.7 Å². The van der Waals surface area contributed by atoms with E-state index in [0.717, 1.165) is 29.3 Å². The van der Waals surface area contributed by atoms with Crippen LogP contribution in [0.25, 0.3) is 0 Å². The molecule has 2 rings (SSSR count). The van der Waals surface area contributed by atoms with Gasteiger partial charge in [0, 0.05) is 42.7 Å². The molecule has 1 aromatic carbocycles. The lowest BCUT2D eigenvalue weighted by atomic mass is 9.83. The van der Waals surface area contributed by atoms with E-state index < -0.39 is 0 Å². The maximum Gasteiger partial charge on any atom is 0.124 e. The lowest BCUT2D eigenvalue weighted by Crippen LogP contribution is -2.40. The molecule has 25 heavy (non-hydrogen) atoms. The molecule has 0 aromatic heterocycles. The fourth-order valence-corrected chi connectivity index (χ4v) is 3.64. The SMILES string of the molecule is C=C(Nc1cc(OC)cc(OC)c1)C(OC)[C@H](N)CC1CCCCC1. The Kier molecular flexibility index (Phi) is 7.59. The Bertz CT molecular complexity index is 534. The first-order chi connectivity index (χ1) is 12.1. The van der Waals surface area contributed by atoms with Crippen molar-refractivity contribution >= 4 is 5.69 Å². The lowest BCUT2D eigenvalue weighted by molar-refractivity contribution is 0.0982. The van der Waals surface area contributed by atoms with Crippen LogP contribution in [0.1, 0.15) is 38.5 Å². The number of methoxy groups -OCH3 is 3. The first-order valence-corrected chi connectivity index (χ1v) is 9.04. The second-order valence-electron chi connectivity index (χ2n) is 6.81. The molecule has 0 aliphatic heterocycles. The van der Waals surface area contributed by atoms with Crippen LogP contribution in [0.4, 0.5) is 5.69 Å². The predicted molar refractivity (Wildman–Crippen MR) is 102 cm³/mol. The Labute approximate surface area is 151 Å². The fourth-order valence-electron chi connectivity index (χ4n) is 3.64. The van der Waals surface area contributed by atoms with Crippen molar-refractivity contribution in [2.45, 2.75) is 50.7 Å². The van der Waals surface area contributed by atoms with E-state index in [1.165, 1.54) is 32.1 Å². The summed E-state index contributed by atoms with van der Waals surface area (Å²) in [5.74, 6) is 2.14. The molecule has 0 heterocycles. The van der Waals surface area contributed by atoms with E-state index in [4.69, 9.17) is 19.9 Å². The molecular weight excluding hydrogens is 316 g/mol. The van der Waals surface area contributed by atoms with E-state index in [2.05, 4.69) is 11.9 Å². The highest BCUT2D eigenvalue weighted by Gasteiger charge is 2.25. The Hall–Kier alpha value is -1.72. The van der Waals surface area contributed by atoms with E-state index in [1.807, 2.05) is 18.2 Å². The van der Waals surface area contributed by atoms with Crippen molar-refractivity contribution in [1.29, 1.82) is 0 Å². The number of benzene rings is 1. The van der Waals surface area contributed by atoms with Gasteiger partial charge in [-0.15, -0.1) is 0 Å². The van der Waals surface area contributed by atoms with Gasteiger partial charge in [-0.25, -0.2) is 0 Å². The second-order valence-corrected chi connectivity index (χ2v) is 6.81. The number of hydrogen-bond donors (Lipinski definition) is 2. The monoisotopic (exact) mass is 348 g/mol. The van der Waals surface area contributed by atoms with Crippen molar-refractivity contribution < 1.29 is 14.2 Å². The first kappa shape index (κ1) is 19.6. The number of nitrogens with one attached hydrogen (secondary N) is 1. The Balaban J connectivity index is 2.01. The molecule has 0 bridgehead atoms. The molecule has 0 saturated heterocycles. The van der Waals surface area contributed by atoms with Crippen LogP contribution in [-0.4, -0.2) is 33.5 Å². The van der Waals surface area contributed by atoms with Crippen molar-refractivity contribution in [2.75, 3.05) is 26.6 Å². The number of rotatable bonds is 9. The standard InChI is InChI=1S/C20H32N2O3/c1-14(22-16-11-17(23-2)13-18(12-16)24-3)20(25-4)19(21)10-15-8-6-5-7-9-15/h11-13,15,19-20,22H,1,5-10,21H2,2-4H3/t19-,20?/m1/s1. The van der Waals surface area contributed by atoms with E-state index in [-0.39, 0.29) is 12.1 Å². The minimum Gasteiger partial charge on any atom is -0.497 e. The van der Waals surface area contributed by atoms with Gasteiger partial charge in [0.05, 0.1) is 14.2 Å². The summed E-state index contributed by atoms with van der Waals surface area (Å²) in [7, 11) is 4.95. The molecule has 5 nitrogen and oxygen atoms in total. The van der Waals surface area contributed by atoms with E-state index in [1.54, 1.807) is 21.3 Å². The van der Waals surface area contributed by atoms with Crippen LogP contribution in [0, 0.1) is 5.92 Å². The molecule has 1 aliphatic carbocycles. The maximum absolute atomic E-state index is 6.45. The quantitative estimate of drug-likeness (QED) is 0.707. The summed E-state index contributed by atoms with van der Waals surface area (Å²) in [6.07, 6.45) is 7.27. The third-order valence-corrected chi connectivity index (χ3v) is 4.97. The summed E-state index contributed by atoms with van der Waals surface area (Å²) in [6, 6.07) is 5.55. The molecule has 0 amide bonds. The van der Waals surface area contributed by atoms with Crippen LogP contribution in [0.2, 0.25) is 0 Å². The highest BCUT2D eigenvalue weighted by atomic mass is 16.5. The summed E-state index contributed by atoms with van der Waals surface area (Å²) >= 11 is 0. The maximum atomic E-state index is 6.45. The third-order valence-electron chi connectivity index (χ3n) is 4.97. The molecule has 140 valence electrons. The molecule has 1 unspecified atom stereocenters. The van der Waals surface area contributed by atoms with Crippen molar-refractivity contribution in [1.82, 2.24) is 0 Å². The zero-order chi connectivity index (χ0) is 18.2. The molecule has 0 spiro atoms. The Morgan fingerprint density at radius 3 is 2.24 bits per heavy atom. The van der Waals surface area contributed by atoms with Crippen molar-refractivity contribution in [3.05, 3.63) is 30.5 Å². The van der Waals surface area contributed by atoms with Gasteiger partial charge >= 0.3 is 0 Å². The normalized spacial score (nSPS) is 17.6. The van der Waals surface area contributed by atoms with E-state index in [0.29, 0.717) is 5.92 Å². The summed E-state index contributed by atoms with van der Waals surface area (Å²) in [5.41, 5.74) is 8.04. The van der Waals surface area contributed by atoms with Gasteiger partial charge in [-0.2, -0.15) is 0 Å². The van der Waals surface area contributed by atoms with Crippen LogP contribution >= 0.6 is 0 Å². The molecule has 3 N–H and O–H groups in total. The first-order valence-electron chi connectivity index (χ1n) is 9.04. The number of nitrogens with two attached hydrogens (primary N) is 1. The molecule has 5 heteroatoms. The highest BCUT2D eigenvalue weighted by molar-refractivity contribution is 5.56. The lowest BCUT2D eigenvalue weighted by Gasteiger charge is -2.30. The molecule has 2 atom stereocenters. The fraction of sp³-hybridized carbons (Fsp3) is 0.600. The molecule has 1 saturated carbocycles. The van der Waals surface area contributed by atoms with Gasteiger partial charge in [0.15, 0.2) is 0 Å². The van der Waals surface area contributed by atoms with Crippen molar-refractivity contribution in [3.8, 4) is 11.5 Å². The molecule has 1 fully saturated rings. The summed E-state index contributed by atoms with van der Waals surface area (Å²) in [4.78, 5) is 0. The van der Waals surface area contributed by atoms with Gasteiger partial charge in [-0.1, -0.05) is 38.7 Å². The molecule has 1 aliphatic rings. The average Bonchev–Trinajstić information content (AvgIpc) is 2.62. The third kappa shape index (κ3) is 5.65. The van der Waals surface area contributed by atoms with Crippen LogP contribution in [0.3, 0.4) is 0 Å². The number of ether oxygens (including phenoxy) is 3. The van der Waals surface area contributed by atoms with Crippen LogP contribution in [-0.2, 0) is 4.74 Å². The van der Waals surface area contributed by atoms with Gasteiger partial charge in [-0.3, -0.25) is 0 Å². The van der Waals surface area contributed by atoms with Gasteiger partial charge in [0.1, 0.15) is 17.6 Å². The summed E-state index contributed by atoms with van der Waals surface area (Å²) in [6.45, 7) is 4.15. The number of hydrogen-bond acceptors (Lipinski definition) is 5. The minimum atomic E-state index is -0.237.